The molecule has 4 heteroatoms. The standard InChI is InChI=1S/C19H20N2O2/c1-3-11-21(14-17-6-4-5-15(2)12-17)13-16-7-9-18(10-8-16)19(22)20-23/h1,4-10,12,23H,11,13-14H2,2H3,(H,20,22). The Balaban J connectivity index is 2.07. The molecule has 0 bridgehead atoms. The molecule has 0 heterocycles. The van der Waals surface area contributed by atoms with Gasteiger partial charge in [0.1, 0.15) is 0 Å². The van der Waals surface area contributed by atoms with Crippen LogP contribution in [0.4, 0.5) is 0 Å². The van der Waals surface area contributed by atoms with Gasteiger partial charge in [-0.25, -0.2) is 5.48 Å². The molecule has 2 N–H and O–H groups in total. The van der Waals surface area contributed by atoms with Gasteiger partial charge in [-0.05, 0) is 30.2 Å². The summed E-state index contributed by atoms with van der Waals surface area (Å²) in [6.07, 6.45) is 5.48. The van der Waals surface area contributed by atoms with Crippen LogP contribution in [0.2, 0.25) is 0 Å². The predicted molar refractivity (Wildman–Crippen MR) is 89.8 cm³/mol. The van der Waals surface area contributed by atoms with E-state index in [1.54, 1.807) is 17.6 Å². The van der Waals surface area contributed by atoms with E-state index in [2.05, 4.69) is 35.9 Å². The summed E-state index contributed by atoms with van der Waals surface area (Å²) in [5.41, 5.74) is 5.54. The average Bonchev–Trinajstić information content (AvgIpc) is 2.55. The number of benzene rings is 2. The van der Waals surface area contributed by atoms with Gasteiger partial charge in [0.15, 0.2) is 0 Å². The van der Waals surface area contributed by atoms with E-state index in [1.165, 1.54) is 11.1 Å². The van der Waals surface area contributed by atoms with Crippen molar-refractivity contribution in [2.75, 3.05) is 6.54 Å². The summed E-state index contributed by atoms with van der Waals surface area (Å²) >= 11 is 0. The normalized spacial score (nSPS) is 10.3. The number of amides is 1. The highest BCUT2D eigenvalue weighted by molar-refractivity contribution is 5.93. The third-order valence-corrected chi connectivity index (χ3v) is 3.53. The van der Waals surface area contributed by atoms with E-state index in [0.717, 1.165) is 12.1 Å². The van der Waals surface area contributed by atoms with Crippen LogP contribution >= 0.6 is 0 Å². The molecule has 0 unspecified atom stereocenters. The largest absolute Gasteiger partial charge is 0.288 e. The SMILES string of the molecule is C#CCN(Cc1ccc(C(=O)NO)cc1)Cc1cccc(C)c1. The highest BCUT2D eigenvalue weighted by Gasteiger charge is 2.08. The molecule has 23 heavy (non-hydrogen) atoms. The number of rotatable bonds is 6. The molecule has 0 atom stereocenters. The molecule has 0 fully saturated rings. The first-order valence-corrected chi connectivity index (χ1v) is 7.37. The Labute approximate surface area is 136 Å². The first-order chi connectivity index (χ1) is 11.1. The van der Waals surface area contributed by atoms with Crippen molar-refractivity contribution in [3.63, 3.8) is 0 Å². The maximum atomic E-state index is 11.3. The second kappa shape index (κ2) is 8.14. The predicted octanol–water partition coefficient (Wildman–Crippen LogP) is 2.75. The van der Waals surface area contributed by atoms with Gasteiger partial charge >= 0.3 is 0 Å². The zero-order valence-electron chi connectivity index (χ0n) is 13.1. The van der Waals surface area contributed by atoms with Crippen LogP contribution in [0.5, 0.6) is 0 Å². The van der Waals surface area contributed by atoms with E-state index in [-0.39, 0.29) is 0 Å². The van der Waals surface area contributed by atoms with Crippen molar-refractivity contribution in [1.82, 2.24) is 10.4 Å². The first kappa shape index (κ1) is 16.8. The van der Waals surface area contributed by atoms with Crippen LogP contribution in [0.25, 0.3) is 0 Å². The highest BCUT2D eigenvalue weighted by Crippen LogP contribution is 2.12. The van der Waals surface area contributed by atoms with E-state index < -0.39 is 5.91 Å². The van der Waals surface area contributed by atoms with Crippen LogP contribution in [0.3, 0.4) is 0 Å². The molecular formula is C19H20N2O2. The Hall–Kier alpha value is -2.61. The molecule has 1 amide bonds. The van der Waals surface area contributed by atoms with Crippen molar-refractivity contribution in [3.05, 3.63) is 70.8 Å². The van der Waals surface area contributed by atoms with Crippen molar-refractivity contribution in [2.24, 2.45) is 0 Å². The molecule has 2 rings (SSSR count). The molecule has 0 saturated heterocycles. The Morgan fingerprint density at radius 3 is 2.48 bits per heavy atom. The first-order valence-electron chi connectivity index (χ1n) is 7.37. The lowest BCUT2D eigenvalue weighted by molar-refractivity contribution is 0.0706. The lowest BCUT2D eigenvalue weighted by Gasteiger charge is -2.20. The van der Waals surface area contributed by atoms with Gasteiger partial charge in [0.05, 0.1) is 6.54 Å². The highest BCUT2D eigenvalue weighted by atomic mass is 16.5. The van der Waals surface area contributed by atoms with E-state index in [1.807, 2.05) is 18.2 Å². The Morgan fingerprint density at radius 2 is 1.87 bits per heavy atom. The molecule has 2 aromatic carbocycles. The molecule has 0 saturated carbocycles. The fraction of sp³-hybridized carbons (Fsp3) is 0.211. The minimum absolute atomic E-state index is 0.415. The minimum atomic E-state index is -0.517. The van der Waals surface area contributed by atoms with Crippen molar-refractivity contribution in [3.8, 4) is 12.3 Å². The van der Waals surface area contributed by atoms with Crippen LogP contribution in [-0.2, 0) is 13.1 Å². The van der Waals surface area contributed by atoms with Gasteiger partial charge in [0.2, 0.25) is 0 Å². The van der Waals surface area contributed by atoms with Crippen molar-refractivity contribution < 1.29 is 10.0 Å². The molecule has 0 radical (unpaired) electrons. The second-order valence-corrected chi connectivity index (χ2v) is 5.48. The van der Waals surface area contributed by atoms with Crippen LogP contribution < -0.4 is 5.48 Å². The van der Waals surface area contributed by atoms with Crippen LogP contribution in [0.1, 0.15) is 27.0 Å². The maximum absolute atomic E-state index is 11.3. The Bertz CT molecular complexity index is 702. The molecular weight excluding hydrogens is 288 g/mol. The Morgan fingerprint density at radius 1 is 1.17 bits per heavy atom. The summed E-state index contributed by atoms with van der Waals surface area (Å²) in [7, 11) is 0. The third kappa shape index (κ3) is 4.96. The molecule has 0 aliphatic heterocycles. The van der Waals surface area contributed by atoms with Crippen molar-refractivity contribution in [2.45, 2.75) is 20.0 Å². The topological polar surface area (TPSA) is 52.6 Å². The Kier molecular flexibility index (Phi) is 5.93. The molecule has 0 spiro atoms. The number of hydrogen-bond acceptors (Lipinski definition) is 3. The molecule has 0 aliphatic carbocycles. The van der Waals surface area contributed by atoms with Gasteiger partial charge in [-0.2, -0.15) is 0 Å². The van der Waals surface area contributed by atoms with E-state index in [9.17, 15) is 4.79 Å². The van der Waals surface area contributed by atoms with Gasteiger partial charge in [-0.15, -0.1) is 6.42 Å². The van der Waals surface area contributed by atoms with Gasteiger partial charge in [-0.3, -0.25) is 14.9 Å². The van der Waals surface area contributed by atoms with Crippen molar-refractivity contribution >= 4 is 5.91 Å². The van der Waals surface area contributed by atoms with Gasteiger partial charge in [-0.1, -0.05) is 47.9 Å². The lowest BCUT2D eigenvalue weighted by atomic mass is 10.1. The smallest absolute Gasteiger partial charge is 0.274 e. The maximum Gasteiger partial charge on any atom is 0.274 e. The summed E-state index contributed by atoms with van der Waals surface area (Å²) in [6, 6.07) is 15.4. The van der Waals surface area contributed by atoms with Gasteiger partial charge in [0.25, 0.3) is 5.91 Å². The minimum Gasteiger partial charge on any atom is -0.288 e. The number of nitrogens with zero attached hydrogens (tertiary/aromatic N) is 1. The number of carbonyl (C=O) groups is 1. The molecule has 0 aromatic heterocycles. The molecule has 0 aliphatic rings. The number of terminal acetylenes is 1. The van der Waals surface area contributed by atoms with Crippen LogP contribution in [0, 0.1) is 19.3 Å². The average molecular weight is 308 g/mol. The van der Waals surface area contributed by atoms with Gasteiger partial charge in [0, 0.05) is 18.7 Å². The molecule has 118 valence electrons. The molecule has 4 nitrogen and oxygen atoms in total. The summed E-state index contributed by atoms with van der Waals surface area (Å²) in [5, 5.41) is 8.63. The van der Waals surface area contributed by atoms with E-state index >= 15 is 0 Å². The summed E-state index contributed by atoms with van der Waals surface area (Å²) in [6.45, 7) is 4.08. The van der Waals surface area contributed by atoms with Crippen LogP contribution in [-0.4, -0.2) is 22.6 Å². The zero-order chi connectivity index (χ0) is 16.7. The zero-order valence-corrected chi connectivity index (χ0v) is 13.1. The number of nitrogens with one attached hydrogen (secondary N) is 1. The number of hydroxylamine groups is 1. The van der Waals surface area contributed by atoms with E-state index in [0.29, 0.717) is 18.7 Å². The van der Waals surface area contributed by atoms with Crippen molar-refractivity contribution in [1.29, 1.82) is 0 Å². The van der Waals surface area contributed by atoms with Crippen LogP contribution in [0.15, 0.2) is 48.5 Å². The quantitative estimate of drug-likeness (QED) is 0.490. The number of aryl methyl sites for hydroxylation is 1. The molecule has 2 aromatic rings. The lowest BCUT2D eigenvalue weighted by Crippen LogP contribution is -2.23. The second-order valence-electron chi connectivity index (χ2n) is 5.48. The van der Waals surface area contributed by atoms with E-state index in [4.69, 9.17) is 11.6 Å². The number of carbonyl (C=O) groups excluding carboxylic acids is 1. The monoisotopic (exact) mass is 308 g/mol. The fourth-order valence-corrected chi connectivity index (χ4v) is 2.45. The number of hydrogen-bond donors (Lipinski definition) is 2. The summed E-state index contributed by atoms with van der Waals surface area (Å²) in [4.78, 5) is 13.5. The third-order valence-electron chi connectivity index (χ3n) is 3.53. The summed E-state index contributed by atoms with van der Waals surface area (Å²) in [5.74, 6) is 2.17. The summed E-state index contributed by atoms with van der Waals surface area (Å²) < 4.78 is 0. The fourth-order valence-electron chi connectivity index (χ4n) is 2.45. The van der Waals surface area contributed by atoms with Gasteiger partial charge < -0.3 is 0 Å².